The maximum atomic E-state index is 10.8. The number of unbranched alkanes of at least 4 members (excludes halogenated alkanes) is 2. The second-order valence-corrected chi connectivity index (χ2v) is 5.13. The Morgan fingerprint density at radius 1 is 1.36 bits per heavy atom. The van der Waals surface area contributed by atoms with Gasteiger partial charge in [0.2, 0.25) is 10.0 Å². The lowest BCUT2D eigenvalue weighted by atomic mass is 10.2. The van der Waals surface area contributed by atoms with Crippen LogP contribution in [0.25, 0.3) is 0 Å². The Labute approximate surface area is 83.9 Å². The van der Waals surface area contributed by atoms with E-state index in [9.17, 15) is 8.42 Å². The lowest BCUT2D eigenvalue weighted by Crippen LogP contribution is -2.25. The second-order valence-electron chi connectivity index (χ2n) is 3.15. The summed E-state index contributed by atoms with van der Waals surface area (Å²) in [5, 5.41) is 15.6. The third kappa shape index (κ3) is 7.22. The minimum atomic E-state index is -3.40. The smallest absolute Gasteiger partial charge is 0.211 e. The molecule has 0 radical (unpaired) electrons. The molecule has 0 spiro atoms. The second kappa shape index (κ2) is 7.13. The van der Waals surface area contributed by atoms with Gasteiger partial charge in [-0.1, -0.05) is 17.9 Å². The van der Waals surface area contributed by atoms with Crippen LogP contribution in [0.5, 0.6) is 0 Å². The van der Waals surface area contributed by atoms with Crippen LogP contribution in [0, 0.1) is 0 Å². The molecule has 14 heavy (non-hydrogen) atoms. The molecule has 0 heterocycles. The number of primary sulfonamides is 1. The van der Waals surface area contributed by atoms with E-state index in [1.165, 1.54) is 0 Å². The lowest BCUT2D eigenvalue weighted by Gasteiger charge is -2.07. The van der Waals surface area contributed by atoms with E-state index in [0.717, 1.165) is 12.8 Å². The quantitative estimate of drug-likeness (QED) is 0.360. The zero-order valence-corrected chi connectivity index (χ0v) is 9.00. The fourth-order valence-corrected chi connectivity index (χ4v) is 1.47. The Morgan fingerprint density at radius 3 is 2.50 bits per heavy atom. The fraction of sp³-hybridized carbons (Fsp3) is 1.00. The van der Waals surface area contributed by atoms with Crippen LogP contribution in [0.3, 0.4) is 0 Å². The van der Waals surface area contributed by atoms with Crippen molar-refractivity contribution in [3.8, 4) is 0 Å². The van der Waals surface area contributed by atoms with Crippen LogP contribution in [-0.4, -0.2) is 25.5 Å². The van der Waals surface area contributed by atoms with Crippen molar-refractivity contribution in [1.29, 1.82) is 0 Å². The predicted octanol–water partition coefficient (Wildman–Crippen LogP) is 0.645. The summed E-state index contributed by atoms with van der Waals surface area (Å²) in [4.78, 5) is 4.22. The molecule has 0 saturated heterocycles. The van der Waals surface area contributed by atoms with Gasteiger partial charge in [0.1, 0.15) is 0 Å². The summed E-state index contributed by atoms with van der Waals surface area (Å²) in [5.74, 6) is 0. The van der Waals surface area contributed by atoms with Gasteiger partial charge in [0, 0.05) is 0 Å². The van der Waals surface area contributed by atoms with Gasteiger partial charge >= 0.3 is 0 Å². The Hall–Kier alpha value is -0.210. The van der Waals surface area contributed by atoms with Crippen molar-refractivity contribution in [3.63, 3.8) is 0 Å². The average molecular weight is 227 g/mol. The van der Waals surface area contributed by atoms with Gasteiger partial charge in [-0.2, -0.15) is 0 Å². The highest BCUT2D eigenvalue weighted by atomic mass is 32.2. The van der Waals surface area contributed by atoms with Crippen LogP contribution in [0.4, 0.5) is 0 Å². The van der Waals surface area contributed by atoms with E-state index in [2.05, 4.69) is 9.93 Å². The highest BCUT2D eigenvalue weighted by Crippen LogP contribution is 2.08. The Morgan fingerprint density at radius 2 is 2.00 bits per heavy atom. The van der Waals surface area contributed by atoms with Crippen molar-refractivity contribution in [3.05, 3.63) is 0 Å². The van der Waals surface area contributed by atoms with Gasteiger partial charge in [0.25, 0.3) is 0 Å². The Balaban J connectivity index is 3.37. The molecule has 1 atom stereocenters. The van der Waals surface area contributed by atoms with Crippen LogP contribution in [0.15, 0.2) is 0 Å². The molecule has 0 aromatic heterocycles. The van der Waals surface area contributed by atoms with E-state index in [1.54, 1.807) is 6.92 Å². The van der Waals surface area contributed by atoms with Gasteiger partial charge < -0.3 is 0 Å². The van der Waals surface area contributed by atoms with Crippen molar-refractivity contribution in [2.24, 2.45) is 5.14 Å². The van der Waals surface area contributed by atoms with Crippen molar-refractivity contribution in [1.82, 2.24) is 0 Å². The van der Waals surface area contributed by atoms with Crippen LogP contribution >= 0.6 is 0 Å². The SMILES string of the molecule is CC(CCCCCOOO)S(N)(=O)=O. The minimum Gasteiger partial charge on any atom is -0.228 e. The molecule has 86 valence electrons. The first-order valence-corrected chi connectivity index (χ1v) is 6.04. The van der Waals surface area contributed by atoms with E-state index in [1.807, 2.05) is 0 Å². The van der Waals surface area contributed by atoms with Crippen molar-refractivity contribution in [2.45, 2.75) is 37.9 Å². The molecule has 0 rings (SSSR count). The average Bonchev–Trinajstić information content (AvgIpc) is 2.09. The molecule has 0 fully saturated rings. The Bertz CT molecular complexity index is 228. The maximum absolute atomic E-state index is 10.8. The lowest BCUT2D eigenvalue weighted by molar-refractivity contribution is -0.490. The molecule has 0 aromatic rings. The number of hydrogen-bond acceptors (Lipinski definition) is 5. The standard InChI is InChI=1S/C7H17NO5S/c1-7(14(8,10)11)5-3-2-4-6-12-13-9/h7,9H,2-6H2,1H3,(H2,8,10,11). The zero-order chi connectivity index (χ0) is 11.0. The molecule has 0 aromatic carbocycles. The maximum Gasteiger partial charge on any atom is 0.211 e. The van der Waals surface area contributed by atoms with E-state index >= 15 is 0 Å². The van der Waals surface area contributed by atoms with E-state index < -0.39 is 15.3 Å². The van der Waals surface area contributed by atoms with Crippen molar-refractivity contribution < 1.29 is 23.6 Å². The van der Waals surface area contributed by atoms with Crippen LogP contribution in [0.1, 0.15) is 32.6 Å². The molecule has 7 heteroatoms. The molecule has 0 saturated carbocycles. The summed E-state index contributed by atoms with van der Waals surface area (Å²) in [6.07, 6.45) is 2.81. The van der Waals surface area contributed by atoms with Gasteiger partial charge in [-0.3, -0.25) is 0 Å². The monoisotopic (exact) mass is 227 g/mol. The minimum absolute atomic E-state index is 0.292. The molecular formula is C7H17NO5S. The van der Waals surface area contributed by atoms with E-state index in [4.69, 9.17) is 10.4 Å². The molecule has 1 unspecified atom stereocenters. The molecule has 6 nitrogen and oxygen atoms in total. The summed E-state index contributed by atoms with van der Waals surface area (Å²) in [6.45, 7) is 1.88. The van der Waals surface area contributed by atoms with E-state index in [-0.39, 0.29) is 0 Å². The molecule has 0 aliphatic carbocycles. The predicted molar refractivity (Wildman–Crippen MR) is 50.7 cm³/mol. The number of hydrogen-bond donors (Lipinski definition) is 2. The van der Waals surface area contributed by atoms with Gasteiger partial charge in [-0.15, -0.1) is 0 Å². The first kappa shape index (κ1) is 13.8. The Kier molecular flexibility index (Phi) is 7.02. The van der Waals surface area contributed by atoms with Crippen LogP contribution in [0.2, 0.25) is 0 Å². The zero-order valence-electron chi connectivity index (χ0n) is 8.18. The number of sulfonamides is 1. The fourth-order valence-electron chi connectivity index (χ4n) is 0.971. The number of rotatable bonds is 8. The summed E-state index contributed by atoms with van der Waals surface area (Å²) < 4.78 is 21.6. The molecule has 0 amide bonds. The van der Waals surface area contributed by atoms with Gasteiger partial charge in [0.05, 0.1) is 11.9 Å². The molecule has 0 aliphatic heterocycles. The van der Waals surface area contributed by atoms with E-state index in [0.29, 0.717) is 19.4 Å². The topological polar surface area (TPSA) is 98.8 Å². The third-order valence-electron chi connectivity index (χ3n) is 1.95. The molecule has 3 N–H and O–H groups in total. The number of nitrogens with two attached hydrogens (primary N) is 1. The molecular weight excluding hydrogens is 210 g/mol. The highest BCUT2D eigenvalue weighted by molar-refractivity contribution is 7.89. The van der Waals surface area contributed by atoms with Gasteiger partial charge in [0.15, 0.2) is 0 Å². The summed E-state index contributed by atoms with van der Waals surface area (Å²) in [7, 11) is -3.40. The van der Waals surface area contributed by atoms with Crippen molar-refractivity contribution >= 4 is 10.0 Å². The van der Waals surface area contributed by atoms with Gasteiger partial charge in [-0.05, 0) is 19.8 Å². The van der Waals surface area contributed by atoms with Crippen LogP contribution in [-0.2, 0) is 19.9 Å². The third-order valence-corrected chi connectivity index (χ3v) is 3.31. The normalized spacial score (nSPS) is 14.2. The molecule has 0 bridgehead atoms. The summed E-state index contributed by atoms with van der Waals surface area (Å²) in [5.41, 5.74) is 0. The molecule has 0 aliphatic rings. The van der Waals surface area contributed by atoms with Crippen molar-refractivity contribution in [2.75, 3.05) is 6.61 Å². The van der Waals surface area contributed by atoms with Gasteiger partial charge in [-0.25, -0.2) is 23.7 Å². The largest absolute Gasteiger partial charge is 0.228 e. The summed E-state index contributed by atoms with van der Waals surface area (Å²) >= 11 is 0. The first-order valence-electron chi connectivity index (χ1n) is 4.43. The highest BCUT2D eigenvalue weighted by Gasteiger charge is 2.14. The van der Waals surface area contributed by atoms with Crippen LogP contribution < -0.4 is 5.14 Å². The first-order chi connectivity index (χ1) is 6.48. The summed E-state index contributed by atoms with van der Waals surface area (Å²) in [6, 6.07) is 0.